The van der Waals surface area contributed by atoms with Crippen LogP contribution in [0.1, 0.15) is 33.1 Å². The molecule has 0 aromatic heterocycles. The molecule has 0 radical (unpaired) electrons. The first-order chi connectivity index (χ1) is 14.1. The van der Waals surface area contributed by atoms with E-state index >= 15 is 8.78 Å². The van der Waals surface area contributed by atoms with E-state index in [0.717, 1.165) is 6.08 Å². The van der Waals surface area contributed by atoms with E-state index < -0.39 is 70.5 Å². The summed E-state index contributed by atoms with van der Waals surface area (Å²) >= 11 is 0. The Bertz CT molecular complexity index is 887. The van der Waals surface area contributed by atoms with Crippen LogP contribution in [-0.2, 0) is 19.1 Å². The van der Waals surface area contributed by atoms with E-state index in [9.17, 15) is 19.8 Å². The molecule has 5 aliphatic rings. The molecule has 2 N–H and O–H groups in total. The van der Waals surface area contributed by atoms with E-state index in [1.54, 1.807) is 6.92 Å². The molecule has 0 aromatic carbocycles. The number of aliphatic hydroxyl groups is 2. The second-order valence-electron chi connectivity index (χ2n) is 9.83. The van der Waals surface area contributed by atoms with Gasteiger partial charge in [0.1, 0.15) is 19.6 Å². The van der Waals surface area contributed by atoms with E-state index in [0.29, 0.717) is 0 Å². The van der Waals surface area contributed by atoms with Gasteiger partial charge in [-0.3, -0.25) is 9.59 Å². The van der Waals surface area contributed by atoms with Crippen LogP contribution in [0.5, 0.6) is 0 Å². The zero-order valence-electron chi connectivity index (χ0n) is 16.9. The first-order valence-corrected chi connectivity index (χ1v) is 10.4. The molecule has 9 atom stereocenters. The highest BCUT2D eigenvalue weighted by molar-refractivity contribution is 6.01. The summed E-state index contributed by atoms with van der Waals surface area (Å²) in [6, 6.07) is 0. The molecule has 5 rings (SSSR count). The molecule has 4 aliphatic carbocycles. The second-order valence-corrected chi connectivity index (χ2v) is 9.83. The van der Waals surface area contributed by atoms with E-state index in [2.05, 4.69) is 0 Å². The first kappa shape index (κ1) is 20.4. The molecule has 0 aromatic rings. The zero-order valence-corrected chi connectivity index (χ0v) is 16.9. The number of carbonyl (C=O) groups excluding carboxylic acids is 2. The molecule has 0 amide bonds. The third-order valence-electron chi connectivity index (χ3n) is 8.90. The molecule has 164 valence electrons. The van der Waals surface area contributed by atoms with Crippen molar-refractivity contribution in [2.24, 2.45) is 22.7 Å². The maximum atomic E-state index is 17.0. The molecular weight excluding hydrogens is 398 g/mol. The Balaban J connectivity index is 1.66. The topological polar surface area (TPSA) is 93.1 Å². The summed E-state index contributed by atoms with van der Waals surface area (Å²) in [4.78, 5) is 24.7. The quantitative estimate of drug-likeness (QED) is 0.700. The van der Waals surface area contributed by atoms with Crippen LogP contribution in [0.2, 0.25) is 0 Å². The van der Waals surface area contributed by atoms with Crippen molar-refractivity contribution in [2.45, 2.75) is 62.8 Å². The number of hydrogen-bond acceptors (Lipinski definition) is 6. The van der Waals surface area contributed by atoms with E-state index in [1.165, 1.54) is 19.1 Å². The lowest BCUT2D eigenvalue weighted by Gasteiger charge is -2.63. The number of ketones is 2. The van der Waals surface area contributed by atoms with Crippen molar-refractivity contribution >= 4 is 11.6 Å². The van der Waals surface area contributed by atoms with Crippen LogP contribution in [0.15, 0.2) is 23.8 Å². The molecule has 1 saturated heterocycles. The summed E-state index contributed by atoms with van der Waals surface area (Å²) in [5, 5.41) is 20.8. The molecule has 8 heteroatoms. The zero-order chi connectivity index (χ0) is 21.7. The minimum atomic E-state index is -2.22. The summed E-state index contributed by atoms with van der Waals surface area (Å²) in [5.41, 5.74) is -6.15. The Hall–Kier alpha value is -1.48. The third-order valence-corrected chi connectivity index (χ3v) is 8.90. The molecule has 4 fully saturated rings. The van der Waals surface area contributed by atoms with Gasteiger partial charge in [-0.2, -0.15) is 0 Å². The monoisotopic (exact) mass is 424 g/mol. The number of aliphatic hydroxyl groups excluding tert-OH is 2. The number of ether oxygens (including phenoxy) is 2. The Labute approximate surface area is 172 Å². The number of carbonyl (C=O) groups is 2. The minimum Gasteiger partial charge on any atom is -0.390 e. The number of rotatable bonds is 2. The molecule has 0 bridgehead atoms. The van der Waals surface area contributed by atoms with Gasteiger partial charge in [-0.25, -0.2) is 8.78 Å². The highest BCUT2D eigenvalue weighted by Crippen LogP contribution is 2.71. The molecule has 3 saturated carbocycles. The smallest absolute Gasteiger partial charge is 0.193 e. The maximum Gasteiger partial charge on any atom is 0.193 e. The van der Waals surface area contributed by atoms with E-state index in [-0.39, 0.29) is 31.6 Å². The average molecular weight is 424 g/mol. The van der Waals surface area contributed by atoms with Crippen molar-refractivity contribution in [3.63, 3.8) is 0 Å². The third kappa shape index (κ3) is 2.02. The highest BCUT2D eigenvalue weighted by atomic mass is 19.1. The molecule has 30 heavy (non-hydrogen) atoms. The van der Waals surface area contributed by atoms with Gasteiger partial charge in [-0.15, -0.1) is 0 Å². The number of Topliss-reactive ketones (excluding diaryl/α,β-unsaturated/α-hetero) is 1. The van der Waals surface area contributed by atoms with Crippen LogP contribution in [-0.4, -0.2) is 64.8 Å². The van der Waals surface area contributed by atoms with Crippen LogP contribution in [0, 0.1) is 22.7 Å². The molecule has 1 aliphatic heterocycles. The SMILES string of the molecule is CC12C=CC(=O)C=C1[C@@H](F)CC1C3CC4OCO[C@@]4(C(=O)CO)C3(C)CC(O)[C@@]12F. The second kappa shape index (κ2) is 6.06. The standard InChI is InChI=1S/C22H26F2O6/c1-19-4-3-11(26)5-14(19)15(23)6-13-12-7-18-22(17(28)9-25,30-10-29-18)20(12,2)8-16(27)21(13,19)24/h3-5,12-13,15-16,18,25,27H,6-10H2,1-2H3/t12?,13?,15-,16?,18?,19?,20?,21-,22+/m0/s1. The maximum absolute atomic E-state index is 17.0. The molecule has 6 unspecified atom stereocenters. The van der Waals surface area contributed by atoms with Gasteiger partial charge in [0.05, 0.1) is 12.2 Å². The van der Waals surface area contributed by atoms with Gasteiger partial charge in [-0.05, 0) is 49.8 Å². The summed E-state index contributed by atoms with van der Waals surface area (Å²) in [5.74, 6) is -2.38. The number of alkyl halides is 2. The number of halogens is 2. The number of allylic oxidation sites excluding steroid dienone is 4. The molecular formula is C22H26F2O6. The lowest BCUT2D eigenvalue weighted by Crippen LogP contribution is -2.70. The van der Waals surface area contributed by atoms with Crippen LogP contribution >= 0.6 is 0 Å². The minimum absolute atomic E-state index is 0.0586. The summed E-state index contributed by atoms with van der Waals surface area (Å²) in [7, 11) is 0. The summed E-state index contributed by atoms with van der Waals surface area (Å²) < 4.78 is 43.8. The van der Waals surface area contributed by atoms with Crippen molar-refractivity contribution in [1.82, 2.24) is 0 Å². The van der Waals surface area contributed by atoms with Crippen molar-refractivity contribution in [2.75, 3.05) is 13.4 Å². The predicted molar refractivity (Wildman–Crippen MR) is 99.7 cm³/mol. The van der Waals surface area contributed by atoms with Gasteiger partial charge < -0.3 is 19.7 Å². The van der Waals surface area contributed by atoms with Crippen LogP contribution in [0.4, 0.5) is 8.78 Å². The normalized spacial score (nSPS) is 54.1. The van der Waals surface area contributed by atoms with Gasteiger partial charge in [-0.1, -0.05) is 13.0 Å². The lowest BCUT2D eigenvalue weighted by molar-refractivity contribution is -0.226. The first-order valence-electron chi connectivity index (χ1n) is 10.4. The van der Waals surface area contributed by atoms with Crippen LogP contribution < -0.4 is 0 Å². The van der Waals surface area contributed by atoms with Crippen molar-refractivity contribution in [1.29, 1.82) is 0 Å². The molecule has 0 spiro atoms. The number of hydrogen-bond donors (Lipinski definition) is 2. The van der Waals surface area contributed by atoms with Crippen molar-refractivity contribution < 1.29 is 38.1 Å². The Morgan fingerprint density at radius 3 is 2.73 bits per heavy atom. The van der Waals surface area contributed by atoms with Gasteiger partial charge in [0.25, 0.3) is 0 Å². The van der Waals surface area contributed by atoms with Crippen molar-refractivity contribution in [3.05, 3.63) is 23.8 Å². The largest absolute Gasteiger partial charge is 0.390 e. The Morgan fingerprint density at radius 1 is 1.30 bits per heavy atom. The molecule has 6 nitrogen and oxygen atoms in total. The predicted octanol–water partition coefficient (Wildman–Crippen LogP) is 1.59. The van der Waals surface area contributed by atoms with Crippen LogP contribution in [0.3, 0.4) is 0 Å². The fourth-order valence-corrected chi connectivity index (χ4v) is 7.53. The van der Waals surface area contributed by atoms with Gasteiger partial charge in [0, 0.05) is 16.7 Å². The van der Waals surface area contributed by atoms with Gasteiger partial charge in [0.15, 0.2) is 22.8 Å². The van der Waals surface area contributed by atoms with E-state index in [1.807, 2.05) is 0 Å². The lowest BCUT2D eigenvalue weighted by atomic mass is 9.44. The average Bonchev–Trinajstić information content (AvgIpc) is 3.23. The Morgan fingerprint density at radius 2 is 2.03 bits per heavy atom. The Kier molecular flexibility index (Phi) is 4.12. The van der Waals surface area contributed by atoms with Crippen molar-refractivity contribution in [3.8, 4) is 0 Å². The number of fused-ring (bicyclic) bond motifs is 7. The van der Waals surface area contributed by atoms with Gasteiger partial charge in [0.2, 0.25) is 0 Å². The fourth-order valence-electron chi connectivity index (χ4n) is 7.53. The summed E-state index contributed by atoms with van der Waals surface area (Å²) in [6.07, 6.45) is -0.0182. The van der Waals surface area contributed by atoms with E-state index in [4.69, 9.17) is 9.47 Å². The summed E-state index contributed by atoms with van der Waals surface area (Å²) in [6.45, 7) is 2.40. The highest BCUT2D eigenvalue weighted by Gasteiger charge is 2.79. The fraction of sp³-hybridized carbons (Fsp3) is 0.727. The van der Waals surface area contributed by atoms with Gasteiger partial charge >= 0.3 is 0 Å². The van der Waals surface area contributed by atoms with Crippen LogP contribution in [0.25, 0.3) is 0 Å². The molecule has 1 heterocycles.